The van der Waals surface area contributed by atoms with E-state index >= 15 is 0 Å². The van der Waals surface area contributed by atoms with E-state index in [1.54, 1.807) is 48.8 Å². The number of aromatic nitrogens is 1. The van der Waals surface area contributed by atoms with Gasteiger partial charge in [0.15, 0.2) is 5.70 Å². The highest BCUT2D eigenvalue weighted by Crippen LogP contribution is 2.22. The molecule has 0 saturated heterocycles. The number of methoxy groups -OCH3 is 1. The van der Waals surface area contributed by atoms with Crippen LogP contribution in [0.15, 0.2) is 64.6 Å². The summed E-state index contributed by atoms with van der Waals surface area (Å²) < 4.78 is 16.2. The van der Waals surface area contributed by atoms with Crippen LogP contribution < -0.4 is 9.47 Å². The molecule has 29 heavy (non-hydrogen) atoms. The SMILES string of the molecule is COc1ccc(C2=N/C(=C\c3ccc(OCc4csc(C)n4)cc3)C(=O)O2)cc1. The summed E-state index contributed by atoms with van der Waals surface area (Å²) in [4.78, 5) is 20.8. The number of hydrogen-bond acceptors (Lipinski definition) is 7. The van der Waals surface area contributed by atoms with E-state index in [0.29, 0.717) is 12.2 Å². The first kappa shape index (κ1) is 18.9. The third-order valence-corrected chi connectivity index (χ3v) is 5.02. The summed E-state index contributed by atoms with van der Waals surface area (Å²) in [5.41, 5.74) is 2.70. The Morgan fingerprint density at radius 1 is 1.07 bits per heavy atom. The summed E-state index contributed by atoms with van der Waals surface area (Å²) in [6.45, 7) is 2.39. The molecule has 0 unspecified atom stereocenters. The molecule has 1 aromatic heterocycles. The first-order valence-electron chi connectivity index (χ1n) is 8.91. The predicted octanol–water partition coefficient (Wildman–Crippen LogP) is 4.38. The van der Waals surface area contributed by atoms with Gasteiger partial charge in [-0.2, -0.15) is 0 Å². The van der Waals surface area contributed by atoms with Crippen LogP contribution in [0, 0.1) is 6.92 Å². The van der Waals surface area contributed by atoms with Crippen LogP contribution in [-0.2, 0) is 16.1 Å². The van der Waals surface area contributed by atoms with Gasteiger partial charge in [-0.1, -0.05) is 12.1 Å². The quantitative estimate of drug-likeness (QED) is 0.449. The summed E-state index contributed by atoms with van der Waals surface area (Å²) in [7, 11) is 1.60. The fraction of sp³-hybridized carbons (Fsp3) is 0.136. The number of hydrogen-bond donors (Lipinski definition) is 0. The van der Waals surface area contributed by atoms with Gasteiger partial charge in [-0.05, 0) is 55.0 Å². The third kappa shape index (κ3) is 4.52. The van der Waals surface area contributed by atoms with Crippen molar-refractivity contribution < 1.29 is 19.0 Å². The molecule has 0 bridgehead atoms. The third-order valence-electron chi connectivity index (χ3n) is 4.19. The number of aryl methyl sites for hydroxylation is 1. The van der Waals surface area contributed by atoms with Gasteiger partial charge in [0, 0.05) is 10.9 Å². The monoisotopic (exact) mass is 406 g/mol. The Kier molecular flexibility index (Phi) is 5.39. The number of esters is 1. The number of cyclic esters (lactones) is 1. The zero-order chi connectivity index (χ0) is 20.2. The van der Waals surface area contributed by atoms with Gasteiger partial charge in [0.05, 0.1) is 17.8 Å². The molecular formula is C22H18N2O4S. The summed E-state index contributed by atoms with van der Waals surface area (Å²) in [6, 6.07) is 14.6. The fourth-order valence-corrected chi connectivity index (χ4v) is 3.31. The highest BCUT2D eigenvalue weighted by Gasteiger charge is 2.24. The highest BCUT2D eigenvalue weighted by molar-refractivity contribution is 7.09. The average molecular weight is 406 g/mol. The maximum absolute atomic E-state index is 12.2. The maximum Gasteiger partial charge on any atom is 0.363 e. The van der Waals surface area contributed by atoms with Crippen LogP contribution in [0.1, 0.15) is 21.8 Å². The minimum Gasteiger partial charge on any atom is -0.497 e. The largest absolute Gasteiger partial charge is 0.497 e. The number of benzene rings is 2. The number of carbonyl (C=O) groups excluding carboxylic acids is 1. The maximum atomic E-state index is 12.2. The van der Waals surface area contributed by atoms with Crippen molar-refractivity contribution in [3.05, 3.63) is 81.4 Å². The molecule has 0 radical (unpaired) electrons. The van der Waals surface area contributed by atoms with Gasteiger partial charge in [-0.25, -0.2) is 14.8 Å². The van der Waals surface area contributed by atoms with Crippen LogP contribution >= 0.6 is 11.3 Å². The van der Waals surface area contributed by atoms with Crippen LogP contribution in [0.2, 0.25) is 0 Å². The Morgan fingerprint density at radius 2 is 1.79 bits per heavy atom. The van der Waals surface area contributed by atoms with Gasteiger partial charge in [-0.15, -0.1) is 11.3 Å². The van der Waals surface area contributed by atoms with Crippen molar-refractivity contribution in [3.63, 3.8) is 0 Å². The average Bonchev–Trinajstić information content (AvgIpc) is 3.33. The number of nitrogens with zero attached hydrogens (tertiary/aromatic N) is 2. The fourth-order valence-electron chi connectivity index (χ4n) is 2.72. The Bertz CT molecular complexity index is 1080. The molecule has 3 aromatic rings. The lowest BCUT2D eigenvalue weighted by molar-refractivity contribution is -0.129. The normalized spacial score (nSPS) is 14.6. The van der Waals surface area contributed by atoms with Crippen molar-refractivity contribution in [2.45, 2.75) is 13.5 Å². The van der Waals surface area contributed by atoms with Gasteiger partial charge < -0.3 is 14.2 Å². The number of aliphatic imine (C=N–C) groups is 1. The summed E-state index contributed by atoms with van der Waals surface area (Å²) >= 11 is 1.60. The Labute approximate surface area is 172 Å². The van der Waals surface area contributed by atoms with Crippen LogP contribution in [0.4, 0.5) is 0 Å². The molecule has 0 fully saturated rings. The summed E-state index contributed by atoms with van der Waals surface area (Å²) in [6.07, 6.45) is 1.69. The molecular weight excluding hydrogens is 388 g/mol. The van der Waals surface area contributed by atoms with E-state index in [-0.39, 0.29) is 11.6 Å². The molecule has 7 heteroatoms. The molecule has 6 nitrogen and oxygen atoms in total. The second-order valence-electron chi connectivity index (χ2n) is 6.28. The lowest BCUT2D eigenvalue weighted by Crippen LogP contribution is -2.05. The van der Waals surface area contributed by atoms with Crippen molar-refractivity contribution in [3.8, 4) is 11.5 Å². The van der Waals surface area contributed by atoms with Crippen LogP contribution in [0.5, 0.6) is 11.5 Å². The Hall–Kier alpha value is -3.45. The van der Waals surface area contributed by atoms with Crippen molar-refractivity contribution in [1.29, 1.82) is 0 Å². The Morgan fingerprint density at radius 3 is 2.45 bits per heavy atom. The molecule has 0 spiro atoms. The van der Waals surface area contributed by atoms with Gasteiger partial charge in [-0.3, -0.25) is 0 Å². The van der Waals surface area contributed by atoms with Crippen molar-refractivity contribution in [2.75, 3.05) is 7.11 Å². The standard InChI is InChI=1S/C22H18N2O4S/c1-14-23-17(13-29-14)12-27-19-7-3-15(4-8-19)11-20-22(25)28-21(24-20)16-5-9-18(26-2)10-6-16/h3-11,13H,12H2,1-2H3/b20-11-. The van der Waals surface area contributed by atoms with Crippen molar-refractivity contribution in [2.24, 2.45) is 4.99 Å². The van der Waals surface area contributed by atoms with Gasteiger partial charge in [0.25, 0.3) is 0 Å². The first-order chi connectivity index (χ1) is 14.1. The molecule has 146 valence electrons. The van der Waals surface area contributed by atoms with E-state index in [1.165, 1.54) is 0 Å². The minimum absolute atomic E-state index is 0.252. The number of rotatable bonds is 6. The predicted molar refractivity (Wildman–Crippen MR) is 111 cm³/mol. The molecule has 0 N–H and O–H groups in total. The first-order valence-corrected chi connectivity index (χ1v) is 9.79. The van der Waals surface area contributed by atoms with Crippen LogP contribution in [0.3, 0.4) is 0 Å². The number of ether oxygens (including phenoxy) is 3. The summed E-state index contributed by atoms with van der Waals surface area (Å²) in [5, 5.41) is 3.00. The van der Waals surface area contributed by atoms with Crippen molar-refractivity contribution in [1.82, 2.24) is 4.98 Å². The number of thiazole rings is 1. The molecule has 0 amide bonds. The second-order valence-corrected chi connectivity index (χ2v) is 7.34. The molecule has 0 aliphatic carbocycles. The van der Waals surface area contributed by atoms with Crippen LogP contribution in [0.25, 0.3) is 6.08 Å². The van der Waals surface area contributed by atoms with Gasteiger partial charge >= 0.3 is 5.97 Å². The zero-order valence-corrected chi connectivity index (χ0v) is 16.7. The molecule has 0 atom stereocenters. The number of carbonyl (C=O) groups is 1. The zero-order valence-electron chi connectivity index (χ0n) is 15.9. The van der Waals surface area contributed by atoms with E-state index in [9.17, 15) is 4.79 Å². The molecule has 4 rings (SSSR count). The van der Waals surface area contributed by atoms with E-state index in [0.717, 1.165) is 27.8 Å². The van der Waals surface area contributed by atoms with Crippen LogP contribution in [-0.4, -0.2) is 24.0 Å². The van der Waals surface area contributed by atoms with E-state index in [4.69, 9.17) is 14.2 Å². The smallest absolute Gasteiger partial charge is 0.363 e. The van der Waals surface area contributed by atoms with E-state index in [1.807, 2.05) is 36.6 Å². The molecule has 1 aliphatic heterocycles. The minimum atomic E-state index is -0.477. The molecule has 2 aromatic carbocycles. The highest BCUT2D eigenvalue weighted by atomic mass is 32.1. The lowest BCUT2D eigenvalue weighted by Gasteiger charge is -2.04. The van der Waals surface area contributed by atoms with E-state index < -0.39 is 5.97 Å². The molecule has 2 heterocycles. The summed E-state index contributed by atoms with van der Waals surface area (Å²) in [5.74, 6) is 1.26. The molecule has 1 aliphatic rings. The lowest BCUT2D eigenvalue weighted by atomic mass is 10.2. The Balaban J connectivity index is 1.45. The topological polar surface area (TPSA) is 70.0 Å². The van der Waals surface area contributed by atoms with Gasteiger partial charge in [0.2, 0.25) is 5.90 Å². The van der Waals surface area contributed by atoms with Crippen molar-refractivity contribution >= 4 is 29.3 Å². The van der Waals surface area contributed by atoms with Gasteiger partial charge in [0.1, 0.15) is 18.1 Å². The van der Waals surface area contributed by atoms with E-state index in [2.05, 4.69) is 9.98 Å². The second kappa shape index (κ2) is 8.28. The molecule has 0 saturated carbocycles.